The average molecular weight is 281 g/mol. The van der Waals surface area contributed by atoms with Gasteiger partial charge in [0.2, 0.25) is 5.88 Å². The lowest BCUT2D eigenvalue weighted by Gasteiger charge is -2.33. The highest BCUT2D eigenvalue weighted by molar-refractivity contribution is 5.96. The number of hydrogen-bond donors (Lipinski definition) is 1. The minimum absolute atomic E-state index is 0.0875. The third-order valence-electron chi connectivity index (χ3n) is 3.54. The second-order valence-electron chi connectivity index (χ2n) is 5.02. The molecule has 1 atom stereocenters. The van der Waals surface area contributed by atoms with Gasteiger partial charge in [0, 0.05) is 12.6 Å². The molecule has 1 amide bonds. The zero-order valence-corrected chi connectivity index (χ0v) is 11.7. The molecular formula is C13H19N3O4. The maximum Gasteiger partial charge on any atom is 0.346 e. The summed E-state index contributed by atoms with van der Waals surface area (Å²) >= 11 is 0. The lowest BCUT2D eigenvalue weighted by atomic mass is 10.0. The fraction of sp³-hybridized carbons (Fsp3) is 0.615. The maximum atomic E-state index is 12.0. The molecule has 0 saturated carbocycles. The monoisotopic (exact) mass is 281 g/mol. The Morgan fingerprint density at radius 2 is 2.25 bits per heavy atom. The van der Waals surface area contributed by atoms with Crippen LogP contribution in [0.25, 0.3) is 0 Å². The van der Waals surface area contributed by atoms with Crippen molar-refractivity contribution < 1.29 is 18.8 Å². The zero-order valence-electron chi connectivity index (χ0n) is 11.7. The summed E-state index contributed by atoms with van der Waals surface area (Å²) in [5.41, 5.74) is 5.93. The Balaban J connectivity index is 1.92. The highest BCUT2D eigenvalue weighted by Gasteiger charge is 2.25. The highest BCUT2D eigenvalue weighted by atomic mass is 16.5. The standard InChI is InChI=1S/C13H19N3O4/c1-8-5-3-4-6-16(8)10(17)7-19-13(18)11-9(2)15-20-12(11)14/h8H,3-7,14H2,1-2H3/t8-/m0/s1. The number of hydrogen-bond acceptors (Lipinski definition) is 6. The van der Waals surface area contributed by atoms with E-state index < -0.39 is 5.97 Å². The lowest BCUT2D eigenvalue weighted by molar-refractivity contribution is -0.137. The minimum atomic E-state index is -0.681. The van der Waals surface area contributed by atoms with Gasteiger partial charge in [0.25, 0.3) is 5.91 Å². The van der Waals surface area contributed by atoms with Crippen LogP contribution in [0.4, 0.5) is 5.88 Å². The number of nitrogen functional groups attached to an aromatic ring is 1. The highest BCUT2D eigenvalue weighted by Crippen LogP contribution is 2.18. The van der Waals surface area contributed by atoms with Gasteiger partial charge in [0.15, 0.2) is 6.61 Å². The van der Waals surface area contributed by atoms with Crippen LogP contribution in [0, 0.1) is 6.92 Å². The predicted octanol–water partition coefficient (Wildman–Crippen LogP) is 1.12. The summed E-state index contributed by atoms with van der Waals surface area (Å²) in [5.74, 6) is -0.955. The van der Waals surface area contributed by atoms with Gasteiger partial charge in [-0.2, -0.15) is 0 Å². The number of anilines is 1. The van der Waals surface area contributed by atoms with Gasteiger partial charge in [-0.25, -0.2) is 4.79 Å². The van der Waals surface area contributed by atoms with Gasteiger partial charge < -0.3 is 19.9 Å². The molecule has 1 aliphatic rings. The van der Waals surface area contributed by atoms with E-state index in [1.54, 1.807) is 11.8 Å². The van der Waals surface area contributed by atoms with Crippen molar-refractivity contribution in [2.75, 3.05) is 18.9 Å². The van der Waals surface area contributed by atoms with E-state index in [1.807, 2.05) is 6.92 Å². The van der Waals surface area contributed by atoms with Crippen molar-refractivity contribution in [2.45, 2.75) is 39.2 Å². The quantitative estimate of drug-likeness (QED) is 0.834. The van der Waals surface area contributed by atoms with Gasteiger partial charge in [-0.1, -0.05) is 5.16 Å². The summed E-state index contributed by atoms with van der Waals surface area (Å²) in [4.78, 5) is 25.6. The van der Waals surface area contributed by atoms with Crippen molar-refractivity contribution in [2.24, 2.45) is 0 Å². The molecule has 0 radical (unpaired) electrons. The fourth-order valence-corrected chi connectivity index (χ4v) is 2.39. The van der Waals surface area contributed by atoms with Crippen molar-refractivity contribution in [3.8, 4) is 0 Å². The first kappa shape index (κ1) is 14.4. The van der Waals surface area contributed by atoms with Gasteiger partial charge in [-0.3, -0.25) is 4.79 Å². The van der Waals surface area contributed by atoms with E-state index in [0.717, 1.165) is 19.3 Å². The van der Waals surface area contributed by atoms with Gasteiger partial charge in [-0.05, 0) is 33.1 Å². The lowest BCUT2D eigenvalue weighted by Crippen LogP contribution is -2.44. The Kier molecular flexibility index (Phi) is 4.26. The van der Waals surface area contributed by atoms with Crippen LogP contribution in [-0.2, 0) is 9.53 Å². The molecule has 0 unspecified atom stereocenters. The second-order valence-corrected chi connectivity index (χ2v) is 5.02. The summed E-state index contributed by atoms with van der Waals surface area (Å²) < 4.78 is 9.69. The van der Waals surface area contributed by atoms with E-state index in [2.05, 4.69) is 9.68 Å². The Morgan fingerprint density at radius 3 is 2.85 bits per heavy atom. The average Bonchev–Trinajstić information content (AvgIpc) is 2.76. The Hall–Kier alpha value is -2.05. The Morgan fingerprint density at radius 1 is 1.50 bits per heavy atom. The number of nitrogens with two attached hydrogens (primary N) is 1. The SMILES string of the molecule is Cc1noc(N)c1C(=O)OCC(=O)N1CCCC[C@@H]1C. The zero-order chi connectivity index (χ0) is 14.7. The third kappa shape index (κ3) is 2.92. The molecule has 0 bridgehead atoms. The van der Waals surface area contributed by atoms with Crippen molar-refractivity contribution in [3.63, 3.8) is 0 Å². The molecule has 0 aromatic carbocycles. The van der Waals surface area contributed by atoms with Crippen LogP contribution in [0.3, 0.4) is 0 Å². The van der Waals surface area contributed by atoms with Gasteiger partial charge in [0.05, 0.1) is 5.69 Å². The number of ether oxygens (including phenoxy) is 1. The van der Waals surface area contributed by atoms with Crippen LogP contribution in [0.5, 0.6) is 0 Å². The van der Waals surface area contributed by atoms with E-state index in [4.69, 9.17) is 10.5 Å². The van der Waals surface area contributed by atoms with E-state index in [0.29, 0.717) is 12.2 Å². The summed E-state index contributed by atoms with van der Waals surface area (Å²) in [6.45, 7) is 4.02. The van der Waals surface area contributed by atoms with Crippen molar-refractivity contribution in [1.82, 2.24) is 10.1 Å². The van der Waals surface area contributed by atoms with Crippen LogP contribution in [0.1, 0.15) is 42.2 Å². The molecule has 110 valence electrons. The Labute approximate surface area is 117 Å². The molecule has 1 aliphatic heterocycles. The number of piperidine rings is 1. The van der Waals surface area contributed by atoms with Crippen LogP contribution in [0.2, 0.25) is 0 Å². The molecule has 1 fully saturated rings. The van der Waals surface area contributed by atoms with Crippen LogP contribution < -0.4 is 5.73 Å². The molecule has 1 saturated heterocycles. The van der Waals surface area contributed by atoms with Crippen molar-refractivity contribution >= 4 is 17.8 Å². The number of esters is 1. The summed E-state index contributed by atoms with van der Waals surface area (Å²) in [7, 11) is 0. The van der Waals surface area contributed by atoms with Crippen molar-refractivity contribution in [1.29, 1.82) is 0 Å². The predicted molar refractivity (Wildman–Crippen MR) is 71.0 cm³/mol. The van der Waals surface area contributed by atoms with Gasteiger partial charge in [0.1, 0.15) is 5.56 Å². The summed E-state index contributed by atoms with van der Waals surface area (Å²) in [6.07, 6.45) is 3.10. The van der Waals surface area contributed by atoms with E-state index >= 15 is 0 Å². The smallest absolute Gasteiger partial charge is 0.346 e. The van der Waals surface area contributed by atoms with E-state index in [-0.39, 0.29) is 30.0 Å². The molecule has 20 heavy (non-hydrogen) atoms. The molecule has 7 heteroatoms. The third-order valence-corrected chi connectivity index (χ3v) is 3.54. The fourth-order valence-electron chi connectivity index (χ4n) is 2.39. The van der Waals surface area contributed by atoms with Gasteiger partial charge >= 0.3 is 5.97 Å². The summed E-state index contributed by atoms with van der Waals surface area (Å²) in [6, 6.07) is 0.192. The second kappa shape index (κ2) is 5.94. The first-order chi connectivity index (χ1) is 9.50. The molecule has 2 rings (SSSR count). The number of likely N-dealkylation sites (tertiary alicyclic amines) is 1. The van der Waals surface area contributed by atoms with Crippen LogP contribution >= 0.6 is 0 Å². The molecule has 0 spiro atoms. The number of carbonyl (C=O) groups is 2. The maximum absolute atomic E-state index is 12.0. The minimum Gasteiger partial charge on any atom is -0.452 e. The number of nitrogens with zero attached hydrogens (tertiary/aromatic N) is 2. The first-order valence-corrected chi connectivity index (χ1v) is 6.69. The number of aryl methyl sites for hydroxylation is 1. The molecular weight excluding hydrogens is 262 g/mol. The van der Waals surface area contributed by atoms with E-state index in [1.165, 1.54) is 0 Å². The van der Waals surface area contributed by atoms with Crippen LogP contribution in [0.15, 0.2) is 4.52 Å². The molecule has 1 aromatic heterocycles. The summed E-state index contributed by atoms with van der Waals surface area (Å²) in [5, 5.41) is 3.57. The Bertz CT molecular complexity index is 492. The van der Waals surface area contributed by atoms with Crippen molar-refractivity contribution in [3.05, 3.63) is 11.3 Å². The molecule has 2 N–H and O–H groups in total. The number of aromatic nitrogens is 1. The topological polar surface area (TPSA) is 98.7 Å². The number of rotatable bonds is 3. The van der Waals surface area contributed by atoms with Crippen LogP contribution in [-0.4, -0.2) is 41.1 Å². The van der Waals surface area contributed by atoms with Gasteiger partial charge in [-0.15, -0.1) is 0 Å². The number of carbonyl (C=O) groups excluding carboxylic acids is 2. The largest absolute Gasteiger partial charge is 0.452 e. The first-order valence-electron chi connectivity index (χ1n) is 6.69. The molecule has 7 nitrogen and oxygen atoms in total. The molecule has 0 aliphatic carbocycles. The molecule has 1 aromatic rings. The number of amides is 1. The van der Waals surface area contributed by atoms with E-state index in [9.17, 15) is 9.59 Å². The molecule has 2 heterocycles. The normalized spacial score (nSPS) is 18.9.